The Balaban J connectivity index is 1.62. The average molecular weight is 445 g/mol. The molecular formula is C23H22F3N3O3. The summed E-state index contributed by atoms with van der Waals surface area (Å²) in [4.78, 5) is 18.6. The second-order valence-corrected chi connectivity index (χ2v) is 7.66. The number of nitrogens with one attached hydrogen (secondary N) is 1. The van der Waals surface area contributed by atoms with Gasteiger partial charge >= 0.3 is 6.18 Å². The monoisotopic (exact) mass is 445 g/mol. The molecule has 1 aliphatic rings. The fourth-order valence-corrected chi connectivity index (χ4v) is 3.72. The molecule has 0 unspecified atom stereocenters. The largest absolute Gasteiger partial charge is 0.451 e. The molecule has 3 heterocycles. The first-order chi connectivity index (χ1) is 15.3. The van der Waals surface area contributed by atoms with Crippen molar-refractivity contribution in [3.63, 3.8) is 0 Å². The number of anilines is 2. The summed E-state index contributed by atoms with van der Waals surface area (Å²) in [5, 5.41) is 12.5. The highest BCUT2D eigenvalue weighted by Gasteiger charge is 2.32. The van der Waals surface area contributed by atoms with Crippen molar-refractivity contribution in [2.24, 2.45) is 0 Å². The van der Waals surface area contributed by atoms with Crippen LogP contribution in [0.4, 0.5) is 24.5 Å². The Bertz CT molecular complexity index is 1080. The number of amides is 1. The van der Waals surface area contributed by atoms with Gasteiger partial charge in [-0.05, 0) is 61.7 Å². The summed E-state index contributed by atoms with van der Waals surface area (Å²) in [6.07, 6.45) is 0.0114. The van der Waals surface area contributed by atoms with Gasteiger partial charge in [-0.1, -0.05) is 0 Å². The summed E-state index contributed by atoms with van der Waals surface area (Å²) >= 11 is 0. The molecule has 0 radical (unpaired) electrons. The quantitative estimate of drug-likeness (QED) is 0.593. The maximum Gasteiger partial charge on any atom is 0.416 e. The lowest BCUT2D eigenvalue weighted by atomic mass is 10.1. The topological polar surface area (TPSA) is 78.6 Å². The zero-order valence-corrected chi connectivity index (χ0v) is 17.1. The van der Waals surface area contributed by atoms with Gasteiger partial charge in [-0.15, -0.1) is 0 Å². The smallest absolute Gasteiger partial charge is 0.416 e. The summed E-state index contributed by atoms with van der Waals surface area (Å²) in [5.41, 5.74) is 0.384. The van der Waals surface area contributed by atoms with Crippen LogP contribution < -0.4 is 10.2 Å². The summed E-state index contributed by atoms with van der Waals surface area (Å²) in [6, 6.07) is 9.83. The van der Waals surface area contributed by atoms with Gasteiger partial charge in [-0.25, -0.2) is 0 Å². The zero-order chi connectivity index (χ0) is 22.7. The van der Waals surface area contributed by atoms with Crippen LogP contribution in [0.25, 0.3) is 11.3 Å². The summed E-state index contributed by atoms with van der Waals surface area (Å²) in [6.45, 7) is 1.04. The maximum absolute atomic E-state index is 13.3. The normalized spacial score (nSPS) is 17.1. The number of carbonyl (C=O) groups is 1. The lowest BCUT2D eigenvalue weighted by Crippen LogP contribution is -2.26. The maximum atomic E-state index is 13.3. The Labute approximate surface area is 182 Å². The van der Waals surface area contributed by atoms with Crippen LogP contribution in [0.15, 0.2) is 59.3 Å². The summed E-state index contributed by atoms with van der Waals surface area (Å²) < 4.78 is 45.6. The van der Waals surface area contributed by atoms with Crippen molar-refractivity contribution < 1.29 is 27.5 Å². The van der Waals surface area contributed by atoms with E-state index in [4.69, 9.17) is 4.42 Å². The first-order valence-electron chi connectivity index (χ1n) is 10.3. The van der Waals surface area contributed by atoms with Crippen molar-refractivity contribution in [3.05, 3.63) is 66.2 Å². The Kier molecular flexibility index (Phi) is 6.18. The van der Waals surface area contributed by atoms with E-state index in [-0.39, 0.29) is 11.4 Å². The molecule has 0 saturated carbocycles. The van der Waals surface area contributed by atoms with Crippen LogP contribution in [0.5, 0.6) is 0 Å². The van der Waals surface area contributed by atoms with Gasteiger partial charge in [0.25, 0.3) is 5.91 Å². The molecule has 6 nitrogen and oxygen atoms in total. The number of hydrogen-bond acceptors (Lipinski definition) is 5. The third-order valence-corrected chi connectivity index (χ3v) is 5.41. The van der Waals surface area contributed by atoms with Crippen LogP contribution >= 0.6 is 0 Å². The van der Waals surface area contributed by atoms with Gasteiger partial charge in [0.2, 0.25) is 0 Å². The molecule has 0 spiro atoms. The van der Waals surface area contributed by atoms with Crippen LogP contribution in [0.2, 0.25) is 0 Å². The van der Waals surface area contributed by atoms with E-state index >= 15 is 0 Å². The van der Waals surface area contributed by atoms with Gasteiger partial charge in [-0.2, -0.15) is 13.2 Å². The fraction of sp³-hybridized carbons (Fsp3) is 0.304. The Morgan fingerprint density at radius 1 is 1.09 bits per heavy atom. The second-order valence-electron chi connectivity index (χ2n) is 7.66. The molecular weight excluding hydrogens is 423 g/mol. The number of nitrogens with zero attached hydrogens (tertiary/aromatic N) is 2. The lowest BCUT2D eigenvalue weighted by Gasteiger charge is -2.26. The third kappa shape index (κ3) is 4.94. The minimum absolute atomic E-state index is 0.0218. The number of aliphatic hydroxyl groups is 1. The Hall–Kier alpha value is -3.33. The Morgan fingerprint density at radius 2 is 1.88 bits per heavy atom. The summed E-state index contributed by atoms with van der Waals surface area (Å²) in [5.74, 6) is -0.226. The molecule has 3 aromatic rings. The van der Waals surface area contributed by atoms with Crippen molar-refractivity contribution in [2.75, 3.05) is 23.3 Å². The fourth-order valence-electron chi connectivity index (χ4n) is 3.72. The van der Waals surface area contributed by atoms with Gasteiger partial charge < -0.3 is 19.7 Å². The molecule has 1 aliphatic heterocycles. The standard InChI is InChI=1S/C23H22F3N3O3/c24-23(25,26)16-3-4-19(29-12-1-2-17(30)9-13-29)18(14-16)28-22(31)21-6-5-20(32-21)15-7-10-27-11-8-15/h3-8,10-11,14,17,30H,1-2,9,12-13H2,(H,28,31)/t17-/m0/s1. The van der Waals surface area contributed by atoms with Crippen LogP contribution in [-0.2, 0) is 6.18 Å². The first kappa shape index (κ1) is 21.9. The van der Waals surface area contributed by atoms with E-state index in [9.17, 15) is 23.1 Å². The number of aromatic nitrogens is 1. The van der Waals surface area contributed by atoms with Crippen molar-refractivity contribution in [1.82, 2.24) is 4.98 Å². The number of pyridine rings is 1. The SMILES string of the molecule is O=C(Nc1cc(C(F)(F)F)ccc1N1CCC[C@H](O)CC1)c1ccc(-c2ccncc2)o1. The number of furan rings is 1. The second kappa shape index (κ2) is 9.04. The van der Waals surface area contributed by atoms with E-state index in [1.54, 1.807) is 30.6 Å². The van der Waals surface area contributed by atoms with Crippen molar-refractivity contribution in [1.29, 1.82) is 0 Å². The highest BCUT2D eigenvalue weighted by molar-refractivity contribution is 6.04. The first-order valence-corrected chi connectivity index (χ1v) is 10.3. The van der Waals surface area contributed by atoms with E-state index in [1.165, 1.54) is 12.1 Å². The third-order valence-electron chi connectivity index (χ3n) is 5.41. The van der Waals surface area contributed by atoms with Crippen molar-refractivity contribution in [2.45, 2.75) is 31.5 Å². The number of aliphatic hydroxyl groups excluding tert-OH is 1. The predicted molar refractivity (Wildman–Crippen MR) is 113 cm³/mol. The number of halogens is 3. The molecule has 0 aliphatic carbocycles. The van der Waals surface area contributed by atoms with E-state index in [2.05, 4.69) is 10.3 Å². The van der Waals surface area contributed by atoms with Gasteiger partial charge in [0.15, 0.2) is 5.76 Å². The van der Waals surface area contributed by atoms with Crippen LogP contribution in [0, 0.1) is 0 Å². The van der Waals surface area contributed by atoms with Gasteiger partial charge in [-0.3, -0.25) is 9.78 Å². The Morgan fingerprint density at radius 3 is 2.62 bits per heavy atom. The molecule has 0 bridgehead atoms. The molecule has 1 aromatic carbocycles. The van der Waals surface area contributed by atoms with Crippen molar-refractivity contribution >= 4 is 17.3 Å². The highest BCUT2D eigenvalue weighted by Crippen LogP contribution is 2.36. The van der Waals surface area contributed by atoms with Crippen molar-refractivity contribution in [3.8, 4) is 11.3 Å². The number of rotatable bonds is 4. The number of alkyl halides is 3. The minimum Gasteiger partial charge on any atom is -0.451 e. The zero-order valence-electron chi connectivity index (χ0n) is 17.1. The number of carbonyl (C=O) groups excluding carboxylic acids is 1. The van der Waals surface area contributed by atoms with Gasteiger partial charge in [0.1, 0.15) is 5.76 Å². The molecule has 32 heavy (non-hydrogen) atoms. The van der Waals surface area contributed by atoms with Gasteiger partial charge in [0, 0.05) is 31.0 Å². The summed E-state index contributed by atoms with van der Waals surface area (Å²) in [7, 11) is 0. The lowest BCUT2D eigenvalue weighted by molar-refractivity contribution is -0.137. The molecule has 168 valence electrons. The molecule has 9 heteroatoms. The number of hydrogen-bond donors (Lipinski definition) is 2. The van der Waals surface area contributed by atoms with E-state index < -0.39 is 23.8 Å². The van der Waals surface area contributed by atoms with E-state index in [0.717, 1.165) is 17.7 Å². The highest BCUT2D eigenvalue weighted by atomic mass is 19.4. The number of benzene rings is 1. The molecule has 1 amide bonds. The van der Waals surface area contributed by atoms with Crippen LogP contribution in [-0.4, -0.2) is 35.2 Å². The molecule has 1 saturated heterocycles. The molecule has 1 fully saturated rings. The molecule has 2 aromatic heterocycles. The van der Waals surface area contributed by atoms with Crippen LogP contribution in [0.3, 0.4) is 0 Å². The predicted octanol–water partition coefficient (Wildman–Crippen LogP) is 4.96. The van der Waals surface area contributed by atoms with Crippen LogP contribution in [0.1, 0.15) is 35.4 Å². The van der Waals surface area contributed by atoms with Gasteiger partial charge in [0.05, 0.1) is 23.0 Å². The van der Waals surface area contributed by atoms with E-state index in [1.807, 2.05) is 4.90 Å². The van der Waals surface area contributed by atoms with E-state index in [0.29, 0.717) is 43.8 Å². The minimum atomic E-state index is -4.55. The molecule has 4 rings (SSSR count). The molecule has 1 atom stereocenters. The molecule has 2 N–H and O–H groups in total. The average Bonchev–Trinajstić information content (AvgIpc) is 3.17.